The second-order valence-corrected chi connectivity index (χ2v) is 9.67. The number of anilines is 1. The summed E-state index contributed by atoms with van der Waals surface area (Å²) < 4.78 is 32.7. The number of carbonyl (C=O) groups excluding carboxylic acids is 1. The molecule has 1 aliphatic rings. The van der Waals surface area contributed by atoms with E-state index in [9.17, 15) is 9.18 Å². The van der Waals surface area contributed by atoms with Gasteiger partial charge in [-0.05, 0) is 50.1 Å². The molecule has 4 rings (SSSR count). The number of benzene rings is 2. The highest BCUT2D eigenvalue weighted by molar-refractivity contribution is 7.99. The number of halogens is 2. The van der Waals surface area contributed by atoms with Gasteiger partial charge in [-0.25, -0.2) is 13.9 Å². The minimum absolute atomic E-state index is 0.0765. The lowest BCUT2D eigenvalue weighted by atomic mass is 9.95. The topological polar surface area (TPSA) is 87.5 Å². The van der Waals surface area contributed by atoms with Crippen LogP contribution in [0.1, 0.15) is 44.4 Å². The Morgan fingerprint density at radius 1 is 1.24 bits per heavy atom. The third-order valence-electron chi connectivity index (χ3n) is 5.70. The predicted molar refractivity (Wildman–Crippen MR) is 141 cm³/mol. The van der Waals surface area contributed by atoms with E-state index in [0.29, 0.717) is 33.9 Å². The number of thioether (sulfide) groups is 1. The van der Waals surface area contributed by atoms with Crippen LogP contribution in [0.25, 0.3) is 0 Å². The molecular weight excluding hydrogens is 519 g/mol. The summed E-state index contributed by atoms with van der Waals surface area (Å²) >= 11 is 7.68. The van der Waals surface area contributed by atoms with Crippen LogP contribution in [0.4, 0.5) is 10.3 Å². The third-order valence-corrected chi connectivity index (χ3v) is 7.10. The maximum absolute atomic E-state index is 14.2. The molecule has 1 atom stereocenters. The first kappa shape index (κ1) is 26.8. The molecule has 8 nitrogen and oxygen atoms in total. The van der Waals surface area contributed by atoms with E-state index in [1.54, 1.807) is 41.6 Å². The average Bonchev–Trinajstić information content (AvgIpc) is 3.28. The van der Waals surface area contributed by atoms with Gasteiger partial charge in [0.25, 0.3) is 0 Å². The molecular formula is C26H28ClFN4O4S. The molecule has 2 heterocycles. The number of carbonyl (C=O) groups is 1. The number of hydrogen-bond acceptors (Lipinski definition) is 8. The minimum Gasteiger partial charge on any atom is -0.493 e. The molecule has 0 radical (unpaired) electrons. The molecule has 2 aromatic carbocycles. The molecule has 0 amide bonds. The Morgan fingerprint density at radius 2 is 2.05 bits per heavy atom. The van der Waals surface area contributed by atoms with Crippen LogP contribution in [0.15, 0.2) is 52.8 Å². The van der Waals surface area contributed by atoms with E-state index in [1.807, 2.05) is 13.0 Å². The Labute approximate surface area is 224 Å². The summed E-state index contributed by atoms with van der Waals surface area (Å²) in [6.45, 7) is 5.82. The van der Waals surface area contributed by atoms with Crippen molar-refractivity contribution in [2.45, 2.75) is 45.0 Å². The van der Waals surface area contributed by atoms with Gasteiger partial charge in [0.05, 0.1) is 24.3 Å². The molecule has 0 saturated carbocycles. The Hall–Kier alpha value is -3.24. The fourth-order valence-corrected chi connectivity index (χ4v) is 4.86. The zero-order valence-electron chi connectivity index (χ0n) is 21.0. The number of nitrogens with one attached hydrogen (secondary N) is 1. The zero-order valence-corrected chi connectivity index (χ0v) is 22.6. The number of methoxy groups -OCH3 is 1. The Kier molecular flexibility index (Phi) is 8.60. The molecule has 196 valence electrons. The lowest BCUT2D eigenvalue weighted by Crippen LogP contribution is -2.29. The van der Waals surface area contributed by atoms with Crippen molar-refractivity contribution in [3.8, 4) is 11.5 Å². The van der Waals surface area contributed by atoms with E-state index < -0.39 is 17.8 Å². The molecule has 1 aromatic heterocycles. The fourth-order valence-electron chi connectivity index (χ4n) is 3.96. The second kappa shape index (κ2) is 11.9. The molecule has 0 saturated heterocycles. The number of rotatable bonds is 10. The van der Waals surface area contributed by atoms with Crippen LogP contribution < -0.4 is 14.8 Å². The first-order valence-corrected chi connectivity index (χ1v) is 13.2. The lowest BCUT2D eigenvalue weighted by molar-refractivity contribution is -0.139. The van der Waals surface area contributed by atoms with Crippen LogP contribution in [0.2, 0.25) is 5.02 Å². The SMILES string of the molecule is CCCSc1nc2n(n1)C(c1ccc(OCc3c(F)cccc3Cl)c(OC)c1)C(C(=O)OCC)=C(C)N2. The molecule has 0 bridgehead atoms. The van der Waals surface area contributed by atoms with Gasteiger partial charge in [0.1, 0.15) is 18.5 Å². The molecule has 11 heteroatoms. The summed E-state index contributed by atoms with van der Waals surface area (Å²) in [4.78, 5) is 17.6. The molecule has 0 fully saturated rings. The highest BCUT2D eigenvalue weighted by Crippen LogP contribution is 2.40. The molecule has 3 aromatic rings. The highest BCUT2D eigenvalue weighted by atomic mass is 35.5. The Morgan fingerprint density at radius 3 is 2.76 bits per heavy atom. The van der Waals surface area contributed by atoms with E-state index in [0.717, 1.165) is 17.7 Å². The number of nitrogens with zero attached hydrogens (tertiary/aromatic N) is 3. The van der Waals surface area contributed by atoms with Gasteiger partial charge in [0, 0.05) is 17.0 Å². The summed E-state index contributed by atoms with van der Waals surface area (Å²) in [5.41, 5.74) is 2.01. The molecule has 0 aliphatic carbocycles. The Bertz CT molecular complexity index is 1310. The highest BCUT2D eigenvalue weighted by Gasteiger charge is 2.35. The number of hydrogen-bond donors (Lipinski definition) is 1. The molecule has 0 spiro atoms. The van der Waals surface area contributed by atoms with Gasteiger partial charge in [0.2, 0.25) is 11.1 Å². The van der Waals surface area contributed by atoms with E-state index in [2.05, 4.69) is 22.3 Å². The van der Waals surface area contributed by atoms with Crippen LogP contribution in [0.3, 0.4) is 0 Å². The summed E-state index contributed by atoms with van der Waals surface area (Å²) in [6, 6.07) is 9.16. The first-order valence-electron chi connectivity index (χ1n) is 11.9. The predicted octanol–water partition coefficient (Wildman–Crippen LogP) is 6.01. The van der Waals surface area contributed by atoms with E-state index in [-0.39, 0.29) is 23.8 Å². The maximum Gasteiger partial charge on any atom is 0.338 e. The van der Waals surface area contributed by atoms with Crippen LogP contribution in [0, 0.1) is 5.82 Å². The lowest BCUT2D eigenvalue weighted by Gasteiger charge is -2.28. The van der Waals surface area contributed by atoms with E-state index in [4.69, 9.17) is 25.8 Å². The molecule has 37 heavy (non-hydrogen) atoms. The Balaban J connectivity index is 1.72. The van der Waals surface area contributed by atoms with Gasteiger partial charge >= 0.3 is 5.97 Å². The quantitative estimate of drug-likeness (QED) is 0.244. The first-order chi connectivity index (χ1) is 17.9. The van der Waals surface area contributed by atoms with Crippen molar-refractivity contribution >= 4 is 35.3 Å². The summed E-state index contributed by atoms with van der Waals surface area (Å²) in [6.07, 6.45) is 0.980. The van der Waals surface area contributed by atoms with Crippen molar-refractivity contribution in [2.24, 2.45) is 0 Å². The van der Waals surface area contributed by atoms with Gasteiger partial charge in [-0.1, -0.05) is 42.4 Å². The van der Waals surface area contributed by atoms with Gasteiger partial charge in [0.15, 0.2) is 11.5 Å². The van der Waals surface area contributed by atoms with Gasteiger partial charge in [-0.3, -0.25) is 0 Å². The summed E-state index contributed by atoms with van der Waals surface area (Å²) in [7, 11) is 1.51. The van der Waals surface area contributed by atoms with Gasteiger partial charge in [-0.2, -0.15) is 4.98 Å². The standard InChI is InChI=1S/C26H28ClFN4O4S/c1-5-12-37-26-30-25-29-15(3)22(24(33)35-6-2)23(32(25)31-26)16-10-11-20(21(13-16)34-4)36-14-17-18(27)8-7-9-19(17)28/h7-11,13,23H,5-6,12,14H2,1-4H3,(H,29,30,31). The monoisotopic (exact) mass is 546 g/mol. The van der Waals surface area contributed by atoms with Crippen molar-refractivity contribution in [1.29, 1.82) is 0 Å². The maximum atomic E-state index is 14.2. The van der Waals surface area contributed by atoms with Crippen molar-refractivity contribution in [2.75, 3.05) is 24.8 Å². The zero-order chi connectivity index (χ0) is 26.5. The van der Waals surface area contributed by atoms with Crippen LogP contribution in [0.5, 0.6) is 11.5 Å². The molecule has 1 unspecified atom stereocenters. The largest absolute Gasteiger partial charge is 0.493 e. The fraction of sp³-hybridized carbons (Fsp3) is 0.346. The van der Waals surface area contributed by atoms with E-state index in [1.165, 1.54) is 19.2 Å². The van der Waals surface area contributed by atoms with Crippen molar-refractivity contribution < 1.29 is 23.4 Å². The van der Waals surface area contributed by atoms with Crippen molar-refractivity contribution in [3.05, 3.63) is 69.6 Å². The summed E-state index contributed by atoms with van der Waals surface area (Å²) in [5.74, 6) is 1.31. The minimum atomic E-state index is -0.609. The average molecular weight is 547 g/mol. The van der Waals surface area contributed by atoms with Crippen LogP contribution in [-0.2, 0) is 16.1 Å². The second-order valence-electron chi connectivity index (χ2n) is 8.20. The number of esters is 1. The number of aromatic nitrogens is 3. The van der Waals surface area contributed by atoms with Crippen molar-refractivity contribution in [1.82, 2.24) is 14.8 Å². The third kappa shape index (κ3) is 5.70. The molecule has 1 aliphatic heterocycles. The smallest absolute Gasteiger partial charge is 0.338 e. The number of fused-ring (bicyclic) bond motifs is 1. The van der Waals surface area contributed by atoms with Crippen LogP contribution in [-0.4, -0.2) is 40.2 Å². The molecule has 1 N–H and O–H groups in total. The van der Waals surface area contributed by atoms with Crippen molar-refractivity contribution in [3.63, 3.8) is 0 Å². The van der Waals surface area contributed by atoms with E-state index >= 15 is 0 Å². The number of ether oxygens (including phenoxy) is 3. The number of allylic oxidation sites excluding steroid dienone is 1. The normalized spacial score (nSPS) is 14.7. The van der Waals surface area contributed by atoms with Gasteiger partial charge < -0.3 is 19.5 Å². The van der Waals surface area contributed by atoms with Gasteiger partial charge in [-0.15, -0.1) is 5.10 Å². The van der Waals surface area contributed by atoms with Crippen LogP contribution >= 0.6 is 23.4 Å². The summed E-state index contributed by atoms with van der Waals surface area (Å²) in [5, 5.41) is 8.76.